The molecule has 0 fully saturated rings. The van der Waals surface area contributed by atoms with Crippen molar-refractivity contribution in [3.63, 3.8) is 0 Å². The molecule has 1 unspecified atom stereocenters. The minimum Gasteiger partial charge on any atom is 0 e. The van der Waals surface area contributed by atoms with E-state index in [1.54, 1.807) is 29.1 Å². The molecule has 1 atom stereocenters. The van der Waals surface area contributed by atoms with Gasteiger partial charge in [-0.2, -0.15) is 0 Å². The third-order valence-corrected chi connectivity index (χ3v) is 6.36. The Kier molecular flexibility index (Phi) is 23.7. The number of hydrogen-bond acceptors (Lipinski definition) is 9. The van der Waals surface area contributed by atoms with Crippen molar-refractivity contribution >= 4 is 46.1 Å². The number of nitrogens with zero attached hydrogens (tertiary/aromatic N) is 5. The first-order chi connectivity index (χ1) is 20.7. The fraction of sp³-hybridized carbons (Fsp3) is 0.280. The number of carboxylic acid groups (broad SMARTS) is 2. The number of amides is 1. The van der Waals surface area contributed by atoms with Gasteiger partial charge in [0.05, 0.1) is 13.1 Å². The predicted octanol–water partition coefficient (Wildman–Crippen LogP) is 0.673. The Morgan fingerprint density at radius 1 is 0.977 bits per heavy atom. The summed E-state index contributed by atoms with van der Waals surface area (Å²) < 4.78 is 47.9. The van der Waals surface area contributed by atoms with Crippen LogP contribution in [0.25, 0.3) is 0 Å². The van der Waals surface area contributed by atoms with Gasteiger partial charge < -0.3 is 29.0 Å². The van der Waals surface area contributed by atoms with Gasteiger partial charge >= 0.3 is 45.8 Å². The molecule has 19 heteroatoms. The van der Waals surface area contributed by atoms with E-state index >= 15 is 0 Å². The van der Waals surface area contributed by atoms with Gasteiger partial charge in [-0.05, 0) is 24.1 Å². The molecule has 1 radical (unpaired) electrons. The van der Waals surface area contributed by atoms with Crippen molar-refractivity contribution in [2.24, 2.45) is 0 Å². The van der Waals surface area contributed by atoms with Gasteiger partial charge in [0.1, 0.15) is 30.5 Å². The number of carbonyl (C=O) groups excluding carboxylic acids is 1. The van der Waals surface area contributed by atoms with Crippen LogP contribution in [0.15, 0.2) is 48.2 Å². The van der Waals surface area contributed by atoms with Crippen LogP contribution in [0.1, 0.15) is 16.4 Å². The molecule has 0 aliphatic carbocycles. The maximum Gasteiger partial charge on any atom is 0 e. The summed E-state index contributed by atoms with van der Waals surface area (Å²) in [6.45, 7) is 13.3. The topological polar surface area (TPSA) is 241 Å². The summed E-state index contributed by atoms with van der Waals surface area (Å²) in [5.41, 5.74) is 1.45. The van der Waals surface area contributed by atoms with Gasteiger partial charge in [-0.3, -0.25) is 23.5 Å². The number of thiazole rings is 1. The number of carboxylic acids is 2. The van der Waals surface area contributed by atoms with Crippen LogP contribution in [0.4, 0.5) is 5.69 Å². The van der Waals surface area contributed by atoms with Crippen molar-refractivity contribution in [2.45, 2.75) is 26.1 Å². The summed E-state index contributed by atoms with van der Waals surface area (Å²) in [7, 11) is 0. The van der Waals surface area contributed by atoms with Gasteiger partial charge in [-0.15, -0.1) is 11.3 Å². The summed E-state index contributed by atoms with van der Waals surface area (Å²) in [5.74, 6) is -2.71. The zero-order valence-electron chi connectivity index (χ0n) is 22.7. The Hall–Kier alpha value is -3.78. The van der Waals surface area contributed by atoms with E-state index in [0.29, 0.717) is 37.6 Å². The molecule has 1 aromatic carbocycles. The third-order valence-electron chi connectivity index (χ3n) is 5.19. The van der Waals surface area contributed by atoms with E-state index in [2.05, 4.69) is 39.5 Å². The summed E-state index contributed by atoms with van der Waals surface area (Å²) in [6, 6.07) is 7.01. The number of imidazole rings is 1. The second kappa shape index (κ2) is 24.6. The molecule has 0 saturated heterocycles. The summed E-state index contributed by atoms with van der Waals surface area (Å²) in [5, 5.41) is 20.8. The van der Waals surface area contributed by atoms with Gasteiger partial charge in [-0.25, -0.2) is 9.97 Å². The third kappa shape index (κ3) is 16.8. The average Bonchev–Trinajstić information content (AvgIpc) is 3.67. The van der Waals surface area contributed by atoms with E-state index in [1.807, 2.05) is 17.5 Å². The Bertz CT molecular complexity index is 1330. The molecule has 0 spiro atoms. The first-order valence-corrected chi connectivity index (χ1v) is 13.5. The minimum atomic E-state index is -2.40. The Morgan fingerprint density at radius 2 is 1.57 bits per heavy atom. The smallest absolute Gasteiger partial charge is 0 e. The van der Waals surface area contributed by atoms with Crippen molar-refractivity contribution in [1.29, 1.82) is 0 Å². The Balaban J connectivity index is 0. The van der Waals surface area contributed by atoms with Crippen molar-refractivity contribution in [2.75, 3.05) is 24.4 Å². The van der Waals surface area contributed by atoms with Gasteiger partial charge in [0.25, 0.3) is 0 Å². The number of benzene rings is 1. The standard InChI is InChI=1S/C22H26N6O7S2.3CO.Re/c29-20(28(14-21(30)31)15-22(32)33)13-27-9-6-23-18(27)11-26(12-19-24-7-10-36-19)8-5-16-1-3-17(4-2-16)25-37(34)35;3*1-2;/h1-4,6-7,9-10,25H,5,8,11-15H2,(H,30,31)(H,32,33)(H,34,35);;;;/p-1. The summed E-state index contributed by atoms with van der Waals surface area (Å²) in [4.78, 5) is 46.3. The molecule has 16 nitrogen and oxygen atoms in total. The van der Waals surface area contributed by atoms with Crippen molar-refractivity contribution in [3.8, 4) is 0 Å². The number of hydrogen-bond donors (Lipinski definition) is 3. The zero-order valence-corrected chi connectivity index (χ0v) is 27.0. The molecule has 3 N–H and O–H groups in total. The second-order valence-corrected chi connectivity index (χ2v) is 9.58. The molecule has 2 heterocycles. The van der Waals surface area contributed by atoms with E-state index in [-0.39, 0.29) is 27.0 Å². The van der Waals surface area contributed by atoms with Crippen LogP contribution in [-0.4, -0.2) is 80.8 Å². The van der Waals surface area contributed by atoms with E-state index in [4.69, 9.17) is 24.2 Å². The number of aromatic nitrogens is 3. The molecule has 1 amide bonds. The number of anilines is 1. The molecular formula is C25H25N6O10ReS2-. The normalized spacial score (nSPS) is 10.1. The number of carbonyl (C=O) groups is 3. The van der Waals surface area contributed by atoms with Crippen LogP contribution in [0.2, 0.25) is 0 Å². The SMILES string of the molecule is O=C(O)CN(CC(=O)O)C(=O)Cn1ccnc1CN(CCc1ccc(NS(=O)[O-])cc1)Cc1nccs1.[C-]#[O+].[C-]#[O+].[C-]#[O+].[Re]. The quantitative estimate of drug-likeness (QED) is 0.110. The number of nitrogens with one attached hydrogen (secondary N) is 1. The van der Waals surface area contributed by atoms with Crippen LogP contribution in [0.5, 0.6) is 0 Å². The van der Waals surface area contributed by atoms with E-state index < -0.39 is 42.2 Å². The molecule has 0 aliphatic heterocycles. The van der Waals surface area contributed by atoms with Crippen LogP contribution in [0.3, 0.4) is 0 Å². The molecule has 0 saturated carbocycles. The monoisotopic (exact) mass is 820 g/mol. The predicted molar refractivity (Wildman–Crippen MR) is 145 cm³/mol. The van der Waals surface area contributed by atoms with Gasteiger partial charge in [-0.1, -0.05) is 12.1 Å². The second-order valence-electron chi connectivity index (χ2n) is 7.93. The molecule has 2 aromatic heterocycles. The molecule has 235 valence electrons. The van der Waals surface area contributed by atoms with Crippen LogP contribution >= 0.6 is 11.3 Å². The molecule has 44 heavy (non-hydrogen) atoms. The molecule has 0 bridgehead atoms. The first-order valence-electron chi connectivity index (χ1n) is 11.6. The van der Waals surface area contributed by atoms with Crippen LogP contribution < -0.4 is 4.72 Å². The van der Waals surface area contributed by atoms with Crippen LogP contribution in [-0.2, 0) is 86.1 Å². The summed E-state index contributed by atoms with van der Waals surface area (Å²) >= 11 is -0.891. The van der Waals surface area contributed by atoms with E-state index in [0.717, 1.165) is 15.5 Å². The van der Waals surface area contributed by atoms with Crippen molar-refractivity contribution in [1.82, 2.24) is 24.3 Å². The van der Waals surface area contributed by atoms with E-state index in [1.165, 1.54) is 17.5 Å². The number of rotatable bonds is 15. The minimum absolute atomic E-state index is 0. The fourth-order valence-corrected chi connectivity index (χ4v) is 4.49. The van der Waals surface area contributed by atoms with Gasteiger partial charge in [0.2, 0.25) is 5.91 Å². The largest absolute Gasteiger partial charge is 0 e. The fourth-order valence-electron chi connectivity index (χ4n) is 3.50. The van der Waals surface area contributed by atoms with E-state index in [9.17, 15) is 23.1 Å². The molecule has 3 rings (SSSR count). The molecule has 3 aromatic rings. The maximum absolute atomic E-state index is 12.7. The molecule has 0 aliphatic rings. The van der Waals surface area contributed by atoms with Gasteiger partial charge in [0.15, 0.2) is 0 Å². The van der Waals surface area contributed by atoms with Crippen molar-refractivity contribution in [3.05, 3.63) is 84.6 Å². The number of aliphatic carboxylic acids is 2. The molecular weight excluding hydrogens is 795 g/mol. The van der Waals surface area contributed by atoms with Crippen LogP contribution in [0, 0.1) is 20.0 Å². The Labute approximate surface area is 272 Å². The first kappa shape index (κ1) is 42.4. The maximum atomic E-state index is 12.7. The Morgan fingerprint density at radius 3 is 2.07 bits per heavy atom. The summed E-state index contributed by atoms with van der Waals surface area (Å²) in [6.07, 6.45) is 5.47. The average molecular weight is 820 g/mol. The van der Waals surface area contributed by atoms with Crippen molar-refractivity contribution < 1.29 is 67.7 Å². The van der Waals surface area contributed by atoms with Gasteiger partial charge in [0, 0.05) is 67.9 Å². The zero-order chi connectivity index (χ0) is 32.8.